The lowest BCUT2D eigenvalue weighted by molar-refractivity contribution is -0.122. The predicted molar refractivity (Wildman–Crippen MR) is 111 cm³/mol. The fraction of sp³-hybridized carbons (Fsp3) is 0.174. The van der Waals surface area contributed by atoms with E-state index in [9.17, 15) is 4.79 Å². The summed E-state index contributed by atoms with van der Waals surface area (Å²) in [6, 6.07) is 23.5. The van der Waals surface area contributed by atoms with Crippen molar-refractivity contribution >= 4 is 23.0 Å². The maximum absolute atomic E-state index is 12.5. The van der Waals surface area contributed by atoms with Gasteiger partial charge in [-0.15, -0.1) is 0 Å². The third-order valence-corrected chi connectivity index (χ3v) is 4.29. The van der Waals surface area contributed by atoms with Gasteiger partial charge in [-0.05, 0) is 68.3 Å². The number of nitrogens with one attached hydrogen (secondary N) is 2. The van der Waals surface area contributed by atoms with Gasteiger partial charge in [-0.3, -0.25) is 4.79 Å². The number of hydrogen-bond acceptors (Lipinski definition) is 3. The summed E-state index contributed by atoms with van der Waals surface area (Å²) in [5.41, 5.74) is 4.75. The van der Waals surface area contributed by atoms with Crippen LogP contribution in [0.1, 0.15) is 18.1 Å². The molecule has 0 aromatic heterocycles. The van der Waals surface area contributed by atoms with Crippen molar-refractivity contribution in [2.45, 2.75) is 26.9 Å². The number of hydrogen-bond donors (Lipinski definition) is 2. The Bertz CT molecular complexity index is 885. The van der Waals surface area contributed by atoms with E-state index >= 15 is 0 Å². The number of anilines is 3. The quantitative estimate of drug-likeness (QED) is 0.614. The standard InChI is InChI=1S/C23H24N2O2/c1-16-8-7-9-17(2)22(16)27-18(3)23(26)25-21-14-12-20(13-15-21)24-19-10-5-4-6-11-19/h4-15,18,24H,1-3H3,(H,25,26)/t18-/m1/s1. The van der Waals surface area contributed by atoms with E-state index in [1.807, 2.05) is 86.6 Å². The Balaban J connectivity index is 1.60. The minimum absolute atomic E-state index is 0.179. The molecule has 0 bridgehead atoms. The van der Waals surface area contributed by atoms with Crippen LogP contribution in [0.15, 0.2) is 72.8 Å². The molecular formula is C23H24N2O2. The van der Waals surface area contributed by atoms with Crippen molar-refractivity contribution in [1.29, 1.82) is 0 Å². The van der Waals surface area contributed by atoms with Gasteiger partial charge in [0.2, 0.25) is 0 Å². The van der Waals surface area contributed by atoms with Crippen LogP contribution in [0.5, 0.6) is 5.75 Å². The largest absolute Gasteiger partial charge is 0.480 e. The Morgan fingerprint density at radius 3 is 1.96 bits per heavy atom. The molecule has 0 fully saturated rings. The van der Waals surface area contributed by atoms with Gasteiger partial charge < -0.3 is 15.4 Å². The van der Waals surface area contributed by atoms with Gasteiger partial charge in [0.05, 0.1) is 0 Å². The molecule has 0 aliphatic heterocycles. The normalized spacial score (nSPS) is 11.5. The molecule has 0 spiro atoms. The van der Waals surface area contributed by atoms with Crippen LogP contribution in [0.25, 0.3) is 0 Å². The van der Waals surface area contributed by atoms with Gasteiger partial charge in [0, 0.05) is 17.1 Å². The number of ether oxygens (including phenoxy) is 1. The van der Waals surface area contributed by atoms with Crippen LogP contribution in [0.3, 0.4) is 0 Å². The first-order valence-electron chi connectivity index (χ1n) is 8.99. The Morgan fingerprint density at radius 2 is 1.33 bits per heavy atom. The van der Waals surface area contributed by atoms with E-state index in [-0.39, 0.29) is 5.91 Å². The molecule has 3 rings (SSSR count). The fourth-order valence-electron chi connectivity index (χ4n) is 2.78. The summed E-state index contributed by atoms with van der Waals surface area (Å²) in [5.74, 6) is 0.587. The Labute approximate surface area is 160 Å². The van der Waals surface area contributed by atoms with Crippen molar-refractivity contribution in [3.05, 3.63) is 83.9 Å². The van der Waals surface area contributed by atoms with Gasteiger partial charge in [-0.25, -0.2) is 0 Å². The third-order valence-electron chi connectivity index (χ3n) is 4.29. The van der Waals surface area contributed by atoms with Gasteiger partial charge in [0.25, 0.3) is 5.91 Å². The Morgan fingerprint density at radius 1 is 0.778 bits per heavy atom. The average Bonchev–Trinajstić information content (AvgIpc) is 2.67. The van der Waals surface area contributed by atoms with Crippen molar-refractivity contribution in [3.63, 3.8) is 0 Å². The Kier molecular flexibility index (Phi) is 5.77. The van der Waals surface area contributed by atoms with Crippen LogP contribution in [-0.4, -0.2) is 12.0 Å². The van der Waals surface area contributed by atoms with Crippen LogP contribution < -0.4 is 15.4 Å². The number of carbonyl (C=O) groups is 1. The molecule has 138 valence electrons. The fourth-order valence-corrected chi connectivity index (χ4v) is 2.78. The number of rotatable bonds is 6. The zero-order chi connectivity index (χ0) is 19.2. The average molecular weight is 360 g/mol. The predicted octanol–water partition coefficient (Wildman–Crippen LogP) is 5.45. The highest BCUT2D eigenvalue weighted by Gasteiger charge is 2.17. The number of aryl methyl sites for hydroxylation is 2. The molecule has 3 aromatic carbocycles. The zero-order valence-electron chi connectivity index (χ0n) is 15.8. The van der Waals surface area contributed by atoms with E-state index in [4.69, 9.17) is 4.74 Å². The van der Waals surface area contributed by atoms with E-state index in [2.05, 4.69) is 10.6 Å². The second-order valence-corrected chi connectivity index (χ2v) is 6.54. The molecule has 1 amide bonds. The monoisotopic (exact) mass is 360 g/mol. The lowest BCUT2D eigenvalue weighted by Crippen LogP contribution is -2.30. The van der Waals surface area contributed by atoms with Crippen molar-refractivity contribution in [1.82, 2.24) is 0 Å². The smallest absolute Gasteiger partial charge is 0.265 e. The molecule has 0 unspecified atom stereocenters. The van der Waals surface area contributed by atoms with Crippen LogP contribution in [0.4, 0.5) is 17.1 Å². The number of benzene rings is 3. The molecule has 0 aliphatic carbocycles. The second kappa shape index (κ2) is 8.41. The first-order valence-corrected chi connectivity index (χ1v) is 8.99. The van der Waals surface area contributed by atoms with Gasteiger partial charge in [0.15, 0.2) is 6.10 Å². The molecular weight excluding hydrogens is 336 g/mol. The minimum Gasteiger partial charge on any atom is -0.480 e. The molecule has 2 N–H and O–H groups in total. The first-order chi connectivity index (χ1) is 13.0. The highest BCUT2D eigenvalue weighted by molar-refractivity contribution is 5.94. The number of carbonyl (C=O) groups excluding carboxylic acids is 1. The van der Waals surface area contributed by atoms with Crippen LogP contribution in [0.2, 0.25) is 0 Å². The van der Waals surface area contributed by atoms with Crippen molar-refractivity contribution in [2.75, 3.05) is 10.6 Å². The lowest BCUT2D eigenvalue weighted by atomic mass is 10.1. The van der Waals surface area contributed by atoms with Crippen LogP contribution in [0, 0.1) is 13.8 Å². The summed E-state index contributed by atoms with van der Waals surface area (Å²) < 4.78 is 5.89. The number of para-hydroxylation sites is 2. The molecule has 0 radical (unpaired) electrons. The second-order valence-electron chi connectivity index (χ2n) is 6.54. The molecule has 1 atom stereocenters. The molecule has 0 aliphatic rings. The molecule has 27 heavy (non-hydrogen) atoms. The minimum atomic E-state index is -0.591. The van der Waals surface area contributed by atoms with Gasteiger partial charge in [-0.2, -0.15) is 0 Å². The van der Waals surface area contributed by atoms with Gasteiger partial charge >= 0.3 is 0 Å². The maximum atomic E-state index is 12.5. The zero-order valence-corrected chi connectivity index (χ0v) is 15.8. The van der Waals surface area contributed by atoms with E-state index in [1.165, 1.54) is 0 Å². The van der Waals surface area contributed by atoms with Crippen LogP contribution >= 0.6 is 0 Å². The van der Waals surface area contributed by atoms with Crippen molar-refractivity contribution in [2.24, 2.45) is 0 Å². The van der Waals surface area contributed by atoms with Crippen molar-refractivity contribution in [3.8, 4) is 5.75 Å². The highest BCUT2D eigenvalue weighted by atomic mass is 16.5. The number of amides is 1. The van der Waals surface area contributed by atoms with E-state index in [1.54, 1.807) is 6.92 Å². The summed E-state index contributed by atoms with van der Waals surface area (Å²) >= 11 is 0. The van der Waals surface area contributed by atoms with Crippen molar-refractivity contribution < 1.29 is 9.53 Å². The van der Waals surface area contributed by atoms with Gasteiger partial charge in [-0.1, -0.05) is 36.4 Å². The SMILES string of the molecule is Cc1cccc(C)c1O[C@H](C)C(=O)Nc1ccc(Nc2ccccc2)cc1. The molecule has 4 nitrogen and oxygen atoms in total. The summed E-state index contributed by atoms with van der Waals surface area (Å²) in [6.45, 7) is 5.71. The maximum Gasteiger partial charge on any atom is 0.265 e. The molecule has 4 heteroatoms. The van der Waals surface area contributed by atoms with E-state index < -0.39 is 6.10 Å². The highest BCUT2D eigenvalue weighted by Crippen LogP contribution is 2.24. The lowest BCUT2D eigenvalue weighted by Gasteiger charge is -2.18. The topological polar surface area (TPSA) is 50.4 Å². The van der Waals surface area contributed by atoms with E-state index in [0.717, 1.165) is 33.9 Å². The molecule has 3 aromatic rings. The van der Waals surface area contributed by atoms with Crippen LogP contribution in [-0.2, 0) is 4.79 Å². The van der Waals surface area contributed by atoms with Gasteiger partial charge in [0.1, 0.15) is 5.75 Å². The molecule has 0 saturated heterocycles. The summed E-state index contributed by atoms with van der Waals surface area (Å²) in [7, 11) is 0. The van der Waals surface area contributed by atoms with E-state index in [0.29, 0.717) is 0 Å². The summed E-state index contributed by atoms with van der Waals surface area (Å²) in [5, 5.41) is 6.22. The summed E-state index contributed by atoms with van der Waals surface area (Å²) in [4.78, 5) is 12.5. The summed E-state index contributed by atoms with van der Waals surface area (Å²) in [6.07, 6.45) is -0.591. The first kappa shape index (κ1) is 18.5. The Hall–Kier alpha value is -3.27. The molecule has 0 saturated carbocycles. The third kappa shape index (κ3) is 4.88. The molecule has 0 heterocycles.